The van der Waals surface area contributed by atoms with Gasteiger partial charge in [0, 0.05) is 0 Å². The van der Waals surface area contributed by atoms with Crippen LogP contribution in [0.15, 0.2) is 23.8 Å². The van der Waals surface area contributed by atoms with Crippen LogP contribution in [-0.2, 0) is 23.8 Å². The number of alkyl halides is 1. The predicted molar refractivity (Wildman–Crippen MR) is 111 cm³/mol. The van der Waals surface area contributed by atoms with Crippen molar-refractivity contribution < 1.29 is 28.2 Å². The predicted octanol–water partition coefficient (Wildman–Crippen LogP) is 1.26. The molecule has 0 aromatic carbocycles. The first kappa shape index (κ1) is 23.4. The molecule has 11 nitrogen and oxygen atoms in total. The normalized spacial score (nSPS) is 25.4. The minimum absolute atomic E-state index is 0.0214. The summed E-state index contributed by atoms with van der Waals surface area (Å²) in [6.07, 6.45) is -2.44. The molecule has 3 heterocycles. The number of hydrogen-bond donors (Lipinski definition) is 2. The highest BCUT2D eigenvalue weighted by atomic mass is 19.1. The molecule has 0 aliphatic carbocycles. The Morgan fingerprint density at radius 3 is 2.62 bits per heavy atom. The van der Waals surface area contributed by atoms with Crippen molar-refractivity contribution in [1.82, 2.24) is 19.5 Å². The van der Waals surface area contributed by atoms with Crippen molar-refractivity contribution in [1.29, 1.82) is 0 Å². The molecule has 0 saturated carbocycles. The number of hydrogen-bond acceptors (Lipinski definition) is 9. The van der Waals surface area contributed by atoms with E-state index in [1.54, 1.807) is 27.7 Å². The summed E-state index contributed by atoms with van der Waals surface area (Å²) in [6.45, 7) is 9.72. The molecule has 1 aliphatic heterocycles. The summed E-state index contributed by atoms with van der Waals surface area (Å²) in [5.74, 6) is -2.39. The second-order valence-electron chi connectivity index (χ2n) is 8.16. The van der Waals surface area contributed by atoms with Crippen LogP contribution in [0, 0.1) is 11.8 Å². The van der Waals surface area contributed by atoms with Crippen molar-refractivity contribution in [2.24, 2.45) is 11.8 Å². The molecular weight excluding hydrogens is 425 g/mol. The SMILES string of the molecule is C=C[C@]1(COC(=O)C(C)C)O[C@@H](n2cnc3c(=O)[nH]c(N)nc32)[C@H](F)[C@@H]1OC(=O)C(C)C. The number of carbonyl (C=O) groups excluding carboxylic acids is 2. The number of ether oxygens (including phenoxy) is 3. The molecule has 1 saturated heterocycles. The minimum atomic E-state index is -1.94. The summed E-state index contributed by atoms with van der Waals surface area (Å²) in [6, 6.07) is 0. The highest BCUT2D eigenvalue weighted by Crippen LogP contribution is 2.43. The average molecular weight is 451 g/mol. The standard InChI is InChI=1S/C20H26FN5O6/c1-6-20(7-30-17(28)9(2)3)13(31-18(29)10(4)5)11(21)16(32-20)26-8-23-12-14(26)24-19(22)25-15(12)27/h6,8-11,13,16H,1,7H2,2-5H3,(H3,22,24,25,27)/t11-,13+,16-,20-/m1/s1. The molecule has 174 valence electrons. The number of nitrogens with two attached hydrogens (primary N) is 1. The van der Waals surface area contributed by atoms with Crippen molar-refractivity contribution in [3.8, 4) is 0 Å². The molecule has 3 N–H and O–H groups in total. The first-order chi connectivity index (χ1) is 15.0. The Morgan fingerprint density at radius 1 is 1.38 bits per heavy atom. The third-order valence-electron chi connectivity index (χ3n) is 5.08. The number of halogens is 1. The summed E-state index contributed by atoms with van der Waals surface area (Å²) in [5.41, 5.74) is 3.22. The van der Waals surface area contributed by atoms with Crippen molar-refractivity contribution in [3.63, 3.8) is 0 Å². The second kappa shape index (κ2) is 8.69. The first-order valence-electron chi connectivity index (χ1n) is 10.1. The molecule has 2 aromatic rings. The van der Waals surface area contributed by atoms with Crippen LogP contribution in [-0.4, -0.2) is 55.9 Å². The summed E-state index contributed by atoms with van der Waals surface area (Å²) in [5, 5.41) is 0. The lowest BCUT2D eigenvalue weighted by atomic mass is 9.96. The molecule has 3 rings (SSSR count). The van der Waals surface area contributed by atoms with Crippen molar-refractivity contribution >= 4 is 29.1 Å². The fourth-order valence-corrected chi connectivity index (χ4v) is 3.23. The van der Waals surface area contributed by atoms with Gasteiger partial charge in [-0.15, -0.1) is 0 Å². The van der Waals surface area contributed by atoms with Gasteiger partial charge in [0.2, 0.25) is 5.95 Å². The van der Waals surface area contributed by atoms with Gasteiger partial charge in [0.15, 0.2) is 35.3 Å². The maximum atomic E-state index is 15.7. The zero-order chi connectivity index (χ0) is 23.8. The molecule has 0 bridgehead atoms. The molecule has 32 heavy (non-hydrogen) atoms. The van der Waals surface area contributed by atoms with Gasteiger partial charge in [0.1, 0.15) is 6.61 Å². The van der Waals surface area contributed by atoms with Crippen LogP contribution in [0.1, 0.15) is 33.9 Å². The zero-order valence-corrected chi connectivity index (χ0v) is 18.2. The molecule has 0 spiro atoms. The van der Waals surface area contributed by atoms with E-state index in [9.17, 15) is 14.4 Å². The van der Waals surface area contributed by atoms with Crippen LogP contribution in [0.4, 0.5) is 10.3 Å². The van der Waals surface area contributed by atoms with E-state index in [1.165, 1.54) is 17.0 Å². The largest absolute Gasteiger partial charge is 0.462 e. The Kier molecular flexibility index (Phi) is 6.35. The number of esters is 2. The van der Waals surface area contributed by atoms with Crippen molar-refractivity contribution in [2.75, 3.05) is 12.3 Å². The van der Waals surface area contributed by atoms with E-state index in [2.05, 4.69) is 21.5 Å². The smallest absolute Gasteiger partial charge is 0.308 e. The highest BCUT2D eigenvalue weighted by Gasteiger charge is 2.58. The second-order valence-corrected chi connectivity index (χ2v) is 8.16. The minimum Gasteiger partial charge on any atom is -0.462 e. The maximum absolute atomic E-state index is 15.7. The van der Waals surface area contributed by atoms with Gasteiger partial charge in [0.05, 0.1) is 18.2 Å². The van der Waals surface area contributed by atoms with Gasteiger partial charge in [-0.25, -0.2) is 9.37 Å². The van der Waals surface area contributed by atoms with E-state index in [4.69, 9.17) is 19.9 Å². The molecule has 0 amide bonds. The molecule has 4 atom stereocenters. The molecular formula is C20H26FN5O6. The fourth-order valence-electron chi connectivity index (χ4n) is 3.23. The number of rotatable bonds is 7. The van der Waals surface area contributed by atoms with Gasteiger partial charge < -0.3 is 19.9 Å². The Balaban J connectivity index is 2.04. The van der Waals surface area contributed by atoms with Gasteiger partial charge in [-0.1, -0.05) is 40.3 Å². The van der Waals surface area contributed by atoms with Gasteiger partial charge in [-0.05, 0) is 0 Å². The third-order valence-corrected chi connectivity index (χ3v) is 5.08. The summed E-state index contributed by atoms with van der Waals surface area (Å²) < 4.78 is 33.6. The number of carbonyl (C=O) groups is 2. The van der Waals surface area contributed by atoms with Crippen molar-refractivity contribution in [2.45, 2.75) is 51.8 Å². The summed E-state index contributed by atoms with van der Waals surface area (Å²) >= 11 is 0. The van der Waals surface area contributed by atoms with E-state index in [-0.39, 0.29) is 17.1 Å². The van der Waals surface area contributed by atoms with Gasteiger partial charge in [0.25, 0.3) is 5.56 Å². The van der Waals surface area contributed by atoms with Crippen LogP contribution in [0.2, 0.25) is 0 Å². The monoisotopic (exact) mass is 451 g/mol. The van der Waals surface area contributed by atoms with E-state index in [0.29, 0.717) is 0 Å². The number of fused-ring (bicyclic) bond motifs is 1. The molecule has 12 heteroatoms. The van der Waals surface area contributed by atoms with Crippen molar-refractivity contribution in [3.05, 3.63) is 29.3 Å². The van der Waals surface area contributed by atoms with Crippen LogP contribution in [0.3, 0.4) is 0 Å². The molecule has 0 radical (unpaired) electrons. The zero-order valence-electron chi connectivity index (χ0n) is 18.2. The van der Waals surface area contributed by atoms with Gasteiger partial charge in [-0.3, -0.25) is 23.9 Å². The topological polar surface area (TPSA) is 151 Å². The molecule has 0 unspecified atom stereocenters. The molecule has 1 fully saturated rings. The number of nitrogens with zero attached hydrogens (tertiary/aromatic N) is 3. The van der Waals surface area contributed by atoms with Crippen LogP contribution < -0.4 is 11.3 Å². The molecule has 2 aromatic heterocycles. The number of imidazole rings is 1. The Morgan fingerprint density at radius 2 is 2.03 bits per heavy atom. The number of nitrogen functional groups attached to an aromatic ring is 1. The summed E-state index contributed by atoms with van der Waals surface area (Å²) in [4.78, 5) is 46.7. The van der Waals surface area contributed by atoms with E-state index < -0.39 is 60.0 Å². The lowest BCUT2D eigenvalue weighted by Gasteiger charge is -2.31. The van der Waals surface area contributed by atoms with Gasteiger partial charge in [-0.2, -0.15) is 4.98 Å². The Bertz CT molecular complexity index is 1100. The quantitative estimate of drug-likeness (QED) is 0.468. The van der Waals surface area contributed by atoms with Crippen LogP contribution in [0.5, 0.6) is 0 Å². The van der Waals surface area contributed by atoms with E-state index in [0.717, 1.165) is 0 Å². The summed E-state index contributed by atoms with van der Waals surface area (Å²) in [7, 11) is 0. The highest BCUT2D eigenvalue weighted by molar-refractivity contribution is 5.73. The first-order valence-corrected chi connectivity index (χ1v) is 10.1. The van der Waals surface area contributed by atoms with Crippen LogP contribution >= 0.6 is 0 Å². The third kappa shape index (κ3) is 4.09. The number of aromatic amines is 1. The number of nitrogens with one attached hydrogen (secondary N) is 1. The number of aromatic nitrogens is 4. The van der Waals surface area contributed by atoms with E-state index >= 15 is 4.39 Å². The van der Waals surface area contributed by atoms with Crippen LogP contribution in [0.25, 0.3) is 11.2 Å². The number of H-pyrrole nitrogens is 1. The maximum Gasteiger partial charge on any atom is 0.308 e. The molecule has 1 aliphatic rings. The Hall–Kier alpha value is -3.28. The number of anilines is 1. The van der Waals surface area contributed by atoms with Gasteiger partial charge >= 0.3 is 11.9 Å². The van der Waals surface area contributed by atoms with E-state index in [1.807, 2.05) is 0 Å². The average Bonchev–Trinajstić information content (AvgIpc) is 3.26. The lowest BCUT2D eigenvalue weighted by Crippen LogP contribution is -2.48. The Labute approximate surface area is 182 Å². The lowest BCUT2D eigenvalue weighted by molar-refractivity contribution is -0.172. The fraction of sp³-hybridized carbons (Fsp3) is 0.550.